The van der Waals surface area contributed by atoms with Crippen LogP contribution in [0, 0.1) is 5.82 Å². The monoisotopic (exact) mass is 449 g/mol. The summed E-state index contributed by atoms with van der Waals surface area (Å²) in [4.78, 5) is 32.1. The maximum atomic E-state index is 13.4. The number of carbonyl (C=O) groups is 2. The van der Waals surface area contributed by atoms with Crippen LogP contribution in [0.4, 0.5) is 10.1 Å². The van der Waals surface area contributed by atoms with Crippen molar-refractivity contribution < 1.29 is 14.0 Å². The Hall–Kier alpha value is -2.73. The molecule has 2 atom stereocenters. The van der Waals surface area contributed by atoms with Crippen LogP contribution in [-0.4, -0.2) is 58.9 Å². The molecule has 2 amide bonds. The van der Waals surface area contributed by atoms with Crippen LogP contribution in [0.5, 0.6) is 0 Å². The molecule has 0 N–H and O–H groups in total. The number of hydrogen-bond donors (Lipinski definition) is 0. The zero-order valence-electron chi connectivity index (χ0n) is 19.2. The van der Waals surface area contributed by atoms with Gasteiger partial charge in [0.25, 0.3) is 5.91 Å². The van der Waals surface area contributed by atoms with Crippen molar-refractivity contribution in [1.82, 2.24) is 9.80 Å². The lowest BCUT2D eigenvalue weighted by Gasteiger charge is -2.46. The molecule has 33 heavy (non-hydrogen) atoms. The summed E-state index contributed by atoms with van der Waals surface area (Å²) in [6.45, 7) is 3.49. The molecule has 0 aliphatic carbocycles. The molecule has 5 nitrogen and oxygen atoms in total. The number of amides is 2. The largest absolute Gasteiger partial charge is 0.333 e. The SMILES string of the molecule is CC(=O)N(c1ccc(F)cc1)C1CCN(C2CC3CCC(C2)N3C(=O)c2ccccc2)CC1. The smallest absolute Gasteiger partial charge is 0.254 e. The van der Waals surface area contributed by atoms with Crippen molar-refractivity contribution in [2.45, 2.75) is 69.6 Å². The zero-order chi connectivity index (χ0) is 22.9. The number of benzene rings is 2. The van der Waals surface area contributed by atoms with E-state index in [1.807, 2.05) is 35.2 Å². The molecule has 2 bridgehead atoms. The molecule has 5 rings (SSSR count). The molecule has 3 fully saturated rings. The highest BCUT2D eigenvalue weighted by molar-refractivity contribution is 5.95. The quantitative estimate of drug-likeness (QED) is 0.691. The van der Waals surface area contributed by atoms with Crippen LogP contribution < -0.4 is 4.90 Å². The van der Waals surface area contributed by atoms with Gasteiger partial charge in [-0.2, -0.15) is 0 Å². The third-order valence-electron chi connectivity index (χ3n) is 7.79. The minimum atomic E-state index is -0.288. The Bertz CT molecular complexity index is 974. The van der Waals surface area contributed by atoms with Crippen molar-refractivity contribution in [3.8, 4) is 0 Å². The Kier molecular flexibility index (Phi) is 6.19. The summed E-state index contributed by atoms with van der Waals surface area (Å²) in [5, 5.41) is 0. The zero-order valence-corrected chi connectivity index (χ0v) is 19.2. The molecule has 2 unspecified atom stereocenters. The van der Waals surface area contributed by atoms with Crippen LogP contribution >= 0.6 is 0 Å². The Labute approximate surface area is 195 Å². The number of hydrogen-bond acceptors (Lipinski definition) is 3. The lowest BCUT2D eigenvalue weighted by Crippen LogP contribution is -2.55. The molecule has 0 radical (unpaired) electrons. The first kappa shape index (κ1) is 22.1. The van der Waals surface area contributed by atoms with Crippen molar-refractivity contribution in [1.29, 1.82) is 0 Å². The van der Waals surface area contributed by atoms with Gasteiger partial charge in [-0.05, 0) is 74.9 Å². The van der Waals surface area contributed by atoms with E-state index in [0.29, 0.717) is 18.1 Å². The van der Waals surface area contributed by atoms with Crippen molar-refractivity contribution in [2.24, 2.45) is 0 Å². The second kappa shape index (κ2) is 9.26. The van der Waals surface area contributed by atoms with Crippen molar-refractivity contribution in [3.05, 3.63) is 66.0 Å². The molecule has 0 spiro atoms. The lowest BCUT2D eigenvalue weighted by atomic mass is 9.92. The molecule has 3 aliphatic heterocycles. The Morgan fingerprint density at radius 2 is 1.45 bits per heavy atom. The second-order valence-electron chi connectivity index (χ2n) is 9.72. The number of likely N-dealkylation sites (tertiary alicyclic amines) is 1. The minimum absolute atomic E-state index is 0.00540. The van der Waals surface area contributed by atoms with Gasteiger partial charge in [0, 0.05) is 55.4 Å². The fraction of sp³-hybridized carbons (Fsp3) is 0.481. The molecule has 2 aromatic carbocycles. The van der Waals surface area contributed by atoms with Gasteiger partial charge in [0.05, 0.1) is 0 Å². The van der Waals surface area contributed by atoms with E-state index >= 15 is 0 Å². The van der Waals surface area contributed by atoms with E-state index in [0.717, 1.165) is 62.9 Å². The predicted molar refractivity (Wildman–Crippen MR) is 127 cm³/mol. The first-order valence-corrected chi connectivity index (χ1v) is 12.2. The first-order chi connectivity index (χ1) is 16.0. The summed E-state index contributed by atoms with van der Waals surface area (Å²) >= 11 is 0. The third-order valence-corrected chi connectivity index (χ3v) is 7.79. The summed E-state index contributed by atoms with van der Waals surface area (Å²) in [7, 11) is 0. The number of fused-ring (bicyclic) bond motifs is 2. The number of piperidine rings is 2. The van der Waals surface area contributed by atoms with Gasteiger partial charge in [0.15, 0.2) is 0 Å². The van der Waals surface area contributed by atoms with E-state index in [1.165, 1.54) is 12.1 Å². The van der Waals surface area contributed by atoms with Crippen molar-refractivity contribution >= 4 is 17.5 Å². The Balaban J connectivity index is 1.21. The van der Waals surface area contributed by atoms with Gasteiger partial charge in [-0.1, -0.05) is 18.2 Å². The normalized spacial score (nSPS) is 25.8. The second-order valence-corrected chi connectivity index (χ2v) is 9.72. The van der Waals surface area contributed by atoms with E-state index < -0.39 is 0 Å². The summed E-state index contributed by atoms with van der Waals surface area (Å²) in [6.07, 6.45) is 6.09. The Morgan fingerprint density at radius 1 is 0.848 bits per heavy atom. The summed E-state index contributed by atoms with van der Waals surface area (Å²) in [5.41, 5.74) is 1.56. The van der Waals surface area contributed by atoms with Crippen molar-refractivity contribution in [3.63, 3.8) is 0 Å². The summed E-state index contributed by atoms with van der Waals surface area (Å²) < 4.78 is 13.4. The fourth-order valence-corrected chi connectivity index (χ4v) is 6.27. The highest BCUT2D eigenvalue weighted by atomic mass is 19.1. The van der Waals surface area contributed by atoms with Crippen LogP contribution in [-0.2, 0) is 4.79 Å². The number of anilines is 1. The van der Waals surface area contributed by atoms with Crippen LogP contribution in [0.3, 0.4) is 0 Å². The van der Waals surface area contributed by atoms with Crippen LogP contribution in [0.1, 0.15) is 55.8 Å². The number of halogens is 1. The average molecular weight is 450 g/mol. The van der Waals surface area contributed by atoms with Crippen LogP contribution in [0.25, 0.3) is 0 Å². The highest BCUT2D eigenvalue weighted by Gasteiger charge is 2.45. The number of nitrogens with zero attached hydrogens (tertiary/aromatic N) is 3. The standard InChI is InChI=1S/C27H32FN3O2/c1-19(32)30(22-9-7-21(28)8-10-22)23-13-15-29(16-14-23)26-17-24-11-12-25(18-26)31(24)27(33)20-5-3-2-4-6-20/h2-10,23-26H,11-18H2,1H3. The summed E-state index contributed by atoms with van der Waals surface area (Å²) in [6, 6.07) is 17.2. The van der Waals surface area contributed by atoms with Crippen LogP contribution in [0.15, 0.2) is 54.6 Å². The van der Waals surface area contributed by atoms with Crippen molar-refractivity contribution in [2.75, 3.05) is 18.0 Å². The maximum absolute atomic E-state index is 13.4. The molecule has 6 heteroatoms. The third kappa shape index (κ3) is 4.41. The predicted octanol–water partition coefficient (Wildman–Crippen LogP) is 4.48. The minimum Gasteiger partial charge on any atom is -0.333 e. The molecule has 174 valence electrons. The average Bonchev–Trinajstić information content (AvgIpc) is 3.10. The molecular weight excluding hydrogens is 417 g/mol. The van der Waals surface area contributed by atoms with Gasteiger partial charge in [-0.25, -0.2) is 4.39 Å². The lowest BCUT2D eigenvalue weighted by molar-refractivity contribution is -0.117. The van der Waals surface area contributed by atoms with E-state index in [4.69, 9.17) is 0 Å². The van der Waals surface area contributed by atoms with Gasteiger partial charge >= 0.3 is 0 Å². The van der Waals surface area contributed by atoms with E-state index in [1.54, 1.807) is 19.1 Å². The van der Waals surface area contributed by atoms with E-state index in [-0.39, 0.29) is 23.7 Å². The molecule has 0 saturated carbocycles. The molecule has 3 aliphatic rings. The molecule has 3 saturated heterocycles. The Morgan fingerprint density at radius 3 is 2.03 bits per heavy atom. The van der Waals surface area contributed by atoms with Gasteiger partial charge in [0.2, 0.25) is 5.91 Å². The molecular formula is C27H32FN3O2. The maximum Gasteiger partial charge on any atom is 0.254 e. The molecule has 2 aromatic rings. The van der Waals surface area contributed by atoms with E-state index in [9.17, 15) is 14.0 Å². The molecule has 0 aromatic heterocycles. The topological polar surface area (TPSA) is 43.9 Å². The summed E-state index contributed by atoms with van der Waals surface area (Å²) in [5.74, 6) is -0.105. The van der Waals surface area contributed by atoms with Gasteiger partial charge in [-0.15, -0.1) is 0 Å². The van der Waals surface area contributed by atoms with Crippen LogP contribution in [0.2, 0.25) is 0 Å². The fourth-order valence-electron chi connectivity index (χ4n) is 6.27. The number of rotatable bonds is 4. The van der Waals surface area contributed by atoms with Gasteiger partial charge in [0.1, 0.15) is 5.82 Å². The van der Waals surface area contributed by atoms with E-state index in [2.05, 4.69) is 9.80 Å². The first-order valence-electron chi connectivity index (χ1n) is 12.2. The molecule has 3 heterocycles. The number of carbonyl (C=O) groups excluding carboxylic acids is 2. The highest BCUT2D eigenvalue weighted by Crippen LogP contribution is 2.39. The van der Waals surface area contributed by atoms with Gasteiger partial charge in [-0.3, -0.25) is 9.59 Å². The van der Waals surface area contributed by atoms with Gasteiger partial charge < -0.3 is 14.7 Å².